The number of rotatable bonds is 5. The first kappa shape index (κ1) is 18.4. The molecule has 1 aromatic rings. The Morgan fingerprint density at radius 3 is 2.29 bits per heavy atom. The van der Waals surface area contributed by atoms with Crippen molar-refractivity contribution in [3.8, 4) is 0 Å². The van der Waals surface area contributed by atoms with Gasteiger partial charge in [-0.25, -0.2) is 4.79 Å². The molecular weight excluding hydrogens is 268 g/mol. The molecule has 0 heterocycles. The molecule has 1 aromatic carbocycles. The van der Waals surface area contributed by atoms with E-state index in [9.17, 15) is 9.59 Å². The van der Waals surface area contributed by atoms with Gasteiger partial charge in [-0.2, -0.15) is 0 Å². The van der Waals surface area contributed by atoms with Crippen molar-refractivity contribution < 1.29 is 19.1 Å². The molecule has 4 nitrogen and oxygen atoms in total. The molecule has 112 valence electrons. The van der Waals surface area contributed by atoms with Crippen molar-refractivity contribution in [1.82, 2.24) is 0 Å². The number of carbonyl (C=O) groups is 2. The summed E-state index contributed by atoms with van der Waals surface area (Å²) in [6, 6.07) is 9.89. The third-order valence-electron chi connectivity index (χ3n) is 2.20. The van der Waals surface area contributed by atoms with Gasteiger partial charge in [0.15, 0.2) is 0 Å². The van der Waals surface area contributed by atoms with E-state index in [0.29, 0.717) is 12.0 Å². The number of ether oxygens (including phenoxy) is 2. The summed E-state index contributed by atoms with van der Waals surface area (Å²) in [7, 11) is 1.36. The highest BCUT2D eigenvalue weighted by atomic mass is 16.5. The summed E-state index contributed by atoms with van der Waals surface area (Å²) in [5, 5.41) is 0. The van der Waals surface area contributed by atoms with Gasteiger partial charge in [0.2, 0.25) is 0 Å². The molecule has 0 amide bonds. The highest BCUT2D eigenvalue weighted by Crippen LogP contribution is 2.06. The topological polar surface area (TPSA) is 52.6 Å². The van der Waals surface area contributed by atoms with Gasteiger partial charge in [0.1, 0.15) is 0 Å². The smallest absolute Gasteiger partial charge is 0.333 e. The monoisotopic (exact) mass is 288 g/mol. The summed E-state index contributed by atoms with van der Waals surface area (Å²) >= 11 is 0. The lowest BCUT2D eigenvalue weighted by atomic mass is 10.1. The first-order valence-corrected chi connectivity index (χ1v) is 6.27. The molecule has 1 rings (SSSR count). The maximum absolute atomic E-state index is 11.0. The van der Waals surface area contributed by atoms with Crippen LogP contribution in [0.4, 0.5) is 0 Å². The molecule has 0 fully saturated rings. The van der Waals surface area contributed by atoms with Crippen molar-refractivity contribution in [2.45, 2.75) is 13.3 Å². The standard InChI is InChI=1S/C13H14O2.C4H6O2/c1-11(13(14)15-2)7-6-10-12-8-4-3-5-9-12;1-3-6-4(2)5/h3-6,8-10H,1,7H2,2H3;3H,1H2,2H3. The van der Waals surface area contributed by atoms with E-state index in [0.717, 1.165) is 11.8 Å². The fraction of sp³-hybridized carbons (Fsp3) is 0.176. The van der Waals surface area contributed by atoms with E-state index in [1.54, 1.807) is 0 Å². The predicted octanol–water partition coefficient (Wildman–Crippen LogP) is 3.51. The number of allylic oxidation sites excluding steroid dienone is 1. The molecule has 0 aromatic heterocycles. The lowest BCUT2D eigenvalue weighted by Gasteiger charge is -1.98. The van der Waals surface area contributed by atoms with Crippen LogP contribution in [-0.4, -0.2) is 19.0 Å². The fourth-order valence-corrected chi connectivity index (χ4v) is 1.25. The number of esters is 2. The number of methoxy groups -OCH3 is 1. The molecule has 0 aliphatic rings. The maximum atomic E-state index is 11.0. The molecule has 0 atom stereocenters. The quantitative estimate of drug-likeness (QED) is 0.472. The highest BCUT2D eigenvalue weighted by Gasteiger charge is 2.02. The van der Waals surface area contributed by atoms with Gasteiger partial charge >= 0.3 is 11.9 Å². The Balaban J connectivity index is 0.000000567. The average Bonchev–Trinajstić information content (AvgIpc) is 2.48. The van der Waals surface area contributed by atoms with E-state index in [1.165, 1.54) is 14.0 Å². The van der Waals surface area contributed by atoms with E-state index in [4.69, 9.17) is 0 Å². The normalized spacial score (nSPS) is 9.24. The molecule has 0 saturated heterocycles. The summed E-state index contributed by atoms with van der Waals surface area (Å²) in [5.41, 5.74) is 1.57. The van der Waals surface area contributed by atoms with Crippen molar-refractivity contribution in [3.05, 3.63) is 67.0 Å². The predicted molar refractivity (Wildman–Crippen MR) is 83.2 cm³/mol. The van der Waals surface area contributed by atoms with Gasteiger partial charge in [0, 0.05) is 12.5 Å². The molecule has 0 aliphatic heterocycles. The minimum atomic E-state index is -0.354. The summed E-state index contributed by atoms with van der Waals surface area (Å²) < 4.78 is 8.71. The maximum Gasteiger partial charge on any atom is 0.333 e. The second-order valence-electron chi connectivity index (χ2n) is 3.89. The van der Waals surface area contributed by atoms with Crippen molar-refractivity contribution >= 4 is 18.0 Å². The van der Waals surface area contributed by atoms with Crippen LogP contribution in [0.1, 0.15) is 18.9 Å². The van der Waals surface area contributed by atoms with Crippen LogP contribution < -0.4 is 0 Å². The third kappa shape index (κ3) is 9.90. The molecular formula is C17H20O4. The van der Waals surface area contributed by atoms with Crippen molar-refractivity contribution in [2.24, 2.45) is 0 Å². The zero-order valence-corrected chi connectivity index (χ0v) is 12.4. The Morgan fingerprint density at radius 2 is 1.86 bits per heavy atom. The molecule has 0 spiro atoms. The number of benzene rings is 1. The molecule has 21 heavy (non-hydrogen) atoms. The van der Waals surface area contributed by atoms with Gasteiger partial charge in [-0.3, -0.25) is 4.79 Å². The van der Waals surface area contributed by atoms with Gasteiger partial charge < -0.3 is 9.47 Å². The van der Waals surface area contributed by atoms with Crippen LogP contribution in [0.5, 0.6) is 0 Å². The Hall–Kier alpha value is -2.62. The van der Waals surface area contributed by atoms with Crippen LogP contribution in [0.2, 0.25) is 0 Å². The van der Waals surface area contributed by atoms with E-state index in [2.05, 4.69) is 22.6 Å². The van der Waals surface area contributed by atoms with Gasteiger partial charge in [0.05, 0.1) is 13.4 Å². The lowest BCUT2D eigenvalue weighted by Crippen LogP contribution is -2.02. The third-order valence-corrected chi connectivity index (χ3v) is 2.20. The zero-order chi connectivity index (χ0) is 16.1. The van der Waals surface area contributed by atoms with Gasteiger partial charge in [-0.1, -0.05) is 55.6 Å². The number of hydrogen-bond acceptors (Lipinski definition) is 4. The lowest BCUT2D eigenvalue weighted by molar-refractivity contribution is -0.136. The molecule has 0 saturated carbocycles. The van der Waals surface area contributed by atoms with Crippen LogP contribution in [0.3, 0.4) is 0 Å². The van der Waals surface area contributed by atoms with Crippen LogP contribution in [0.25, 0.3) is 6.08 Å². The number of hydrogen-bond donors (Lipinski definition) is 0. The molecule has 0 N–H and O–H groups in total. The van der Waals surface area contributed by atoms with Crippen LogP contribution in [-0.2, 0) is 19.1 Å². The van der Waals surface area contributed by atoms with Gasteiger partial charge in [-0.15, -0.1) is 0 Å². The first-order valence-electron chi connectivity index (χ1n) is 6.27. The van der Waals surface area contributed by atoms with Crippen LogP contribution in [0, 0.1) is 0 Å². The molecule has 0 aliphatic carbocycles. The first-order chi connectivity index (χ1) is 10.0. The Bertz CT molecular complexity index is 501. The van der Waals surface area contributed by atoms with E-state index >= 15 is 0 Å². The molecule has 0 unspecified atom stereocenters. The second kappa shape index (κ2) is 11.2. The van der Waals surface area contributed by atoms with E-state index < -0.39 is 0 Å². The Morgan fingerprint density at radius 1 is 1.24 bits per heavy atom. The Kier molecular flexibility index (Phi) is 9.83. The van der Waals surface area contributed by atoms with Gasteiger partial charge in [0.25, 0.3) is 0 Å². The van der Waals surface area contributed by atoms with Crippen molar-refractivity contribution in [1.29, 1.82) is 0 Å². The summed E-state index contributed by atoms with van der Waals surface area (Å²) in [6.45, 7) is 8.11. The van der Waals surface area contributed by atoms with E-state index in [-0.39, 0.29) is 11.9 Å². The highest BCUT2D eigenvalue weighted by molar-refractivity contribution is 5.88. The molecule has 0 bridgehead atoms. The minimum absolute atomic E-state index is 0.329. The largest absolute Gasteiger partial charge is 0.466 e. The van der Waals surface area contributed by atoms with Crippen LogP contribution in [0.15, 0.2) is 61.4 Å². The SMILES string of the molecule is C=C(CC=Cc1ccccc1)C(=O)OC.C=COC(C)=O. The van der Waals surface area contributed by atoms with Crippen molar-refractivity contribution in [2.75, 3.05) is 7.11 Å². The number of carbonyl (C=O) groups excluding carboxylic acids is 2. The fourth-order valence-electron chi connectivity index (χ4n) is 1.25. The second-order valence-corrected chi connectivity index (χ2v) is 3.89. The Labute approximate surface area is 125 Å². The summed E-state index contributed by atoms with van der Waals surface area (Å²) in [6.07, 6.45) is 5.46. The molecule has 0 radical (unpaired) electrons. The average molecular weight is 288 g/mol. The summed E-state index contributed by atoms with van der Waals surface area (Å²) in [5.74, 6) is -0.683. The summed E-state index contributed by atoms with van der Waals surface area (Å²) in [4.78, 5) is 20.7. The molecule has 4 heteroatoms. The zero-order valence-electron chi connectivity index (χ0n) is 12.4. The van der Waals surface area contributed by atoms with Crippen molar-refractivity contribution in [3.63, 3.8) is 0 Å². The van der Waals surface area contributed by atoms with Crippen LogP contribution >= 0.6 is 0 Å². The van der Waals surface area contributed by atoms with Gasteiger partial charge in [-0.05, 0) is 12.0 Å². The van der Waals surface area contributed by atoms with E-state index in [1.807, 2.05) is 42.5 Å². The minimum Gasteiger partial charge on any atom is -0.466 e.